The van der Waals surface area contributed by atoms with Crippen molar-refractivity contribution in [2.45, 2.75) is 63.5 Å². The molecule has 0 aromatic carbocycles. The van der Waals surface area contributed by atoms with Crippen molar-refractivity contribution in [3.63, 3.8) is 0 Å². The number of pyridine rings is 1. The number of hydrogen-bond acceptors (Lipinski definition) is 7. The van der Waals surface area contributed by atoms with E-state index in [-0.39, 0.29) is 0 Å². The molecule has 242 valence electrons. The van der Waals surface area contributed by atoms with Crippen LogP contribution >= 0.6 is 0 Å². The molecule has 19 heteroatoms. The minimum absolute atomic E-state index is 0.689. The van der Waals surface area contributed by atoms with Gasteiger partial charge in [-0.3, -0.25) is 14.8 Å². The van der Waals surface area contributed by atoms with Gasteiger partial charge in [0.2, 0.25) is 0 Å². The molecule has 0 aliphatic carbocycles. The number of likely N-dealkylation sites (tertiary alicyclic amines) is 2. The molecule has 0 spiro atoms. The van der Waals surface area contributed by atoms with Crippen LogP contribution in [0.4, 0.5) is 39.5 Å². The van der Waals surface area contributed by atoms with Crippen LogP contribution in [0.5, 0.6) is 0 Å². The van der Waals surface area contributed by atoms with Gasteiger partial charge < -0.3 is 19.7 Å². The Morgan fingerprint density at radius 3 is 1.56 bits per heavy atom. The van der Waals surface area contributed by atoms with Crippen LogP contribution < -0.4 is 0 Å². The predicted molar refractivity (Wildman–Crippen MR) is 126 cm³/mol. The van der Waals surface area contributed by atoms with Gasteiger partial charge in [0, 0.05) is 49.5 Å². The Labute approximate surface area is 237 Å². The number of carboxylic acids is 3. The van der Waals surface area contributed by atoms with Crippen molar-refractivity contribution in [2.75, 3.05) is 13.1 Å². The van der Waals surface area contributed by atoms with Gasteiger partial charge in [0.05, 0.1) is 18.2 Å². The molecule has 2 aromatic heterocycles. The van der Waals surface area contributed by atoms with E-state index in [2.05, 4.69) is 46.0 Å². The van der Waals surface area contributed by atoms with Gasteiger partial charge in [0.15, 0.2) is 0 Å². The van der Waals surface area contributed by atoms with Gasteiger partial charge in [-0.1, -0.05) is 6.07 Å². The van der Waals surface area contributed by atoms with Crippen LogP contribution in [-0.4, -0.2) is 91.7 Å². The first-order valence-electron chi connectivity index (χ1n) is 11.9. The Bertz CT molecular complexity index is 1130. The molecule has 0 amide bonds. The number of carboxylic acid groups (broad SMARTS) is 3. The number of carbonyl (C=O) groups is 3. The van der Waals surface area contributed by atoms with Gasteiger partial charge >= 0.3 is 36.4 Å². The fraction of sp³-hybridized carbons (Fsp3) is 0.500. The molecule has 2 aromatic rings. The van der Waals surface area contributed by atoms with E-state index >= 15 is 0 Å². The van der Waals surface area contributed by atoms with E-state index in [1.54, 1.807) is 6.26 Å². The van der Waals surface area contributed by atoms with Crippen LogP contribution in [0.2, 0.25) is 0 Å². The number of alkyl halides is 9. The smallest absolute Gasteiger partial charge is 0.475 e. The Hall–Kier alpha value is -3.87. The third-order valence-electron chi connectivity index (χ3n) is 5.81. The van der Waals surface area contributed by atoms with Crippen LogP contribution in [0.25, 0.3) is 0 Å². The fourth-order valence-corrected chi connectivity index (χ4v) is 4.07. The lowest BCUT2D eigenvalue weighted by Gasteiger charge is -2.25. The summed E-state index contributed by atoms with van der Waals surface area (Å²) in [5.41, 5.74) is 3.61. The summed E-state index contributed by atoms with van der Waals surface area (Å²) in [4.78, 5) is 36.6. The molecule has 2 saturated heterocycles. The van der Waals surface area contributed by atoms with Crippen LogP contribution in [0.15, 0.2) is 41.2 Å². The van der Waals surface area contributed by atoms with Gasteiger partial charge in [0.1, 0.15) is 0 Å². The molecular weight excluding hydrogens is 613 g/mol. The van der Waals surface area contributed by atoms with Crippen molar-refractivity contribution in [1.82, 2.24) is 14.8 Å². The lowest BCUT2D eigenvalue weighted by atomic mass is 10.1. The minimum Gasteiger partial charge on any atom is -0.475 e. The zero-order chi connectivity index (χ0) is 33.2. The Balaban J connectivity index is 0.000000363. The SMILES string of the molecule is Cc1cccc(CN2CC[C@@H]3[C@@H]2CCN3Cc2ccoc2)n1.O=C(O)C(F)(F)F.O=C(O)C(F)(F)F.O=C(O)C(F)(F)F. The van der Waals surface area contributed by atoms with Gasteiger partial charge in [-0.2, -0.15) is 39.5 Å². The molecule has 10 nitrogen and oxygen atoms in total. The summed E-state index contributed by atoms with van der Waals surface area (Å²) in [7, 11) is 0. The van der Waals surface area contributed by atoms with Gasteiger partial charge in [-0.25, -0.2) is 14.4 Å². The normalized spacial score (nSPS) is 18.7. The number of furan rings is 1. The van der Waals surface area contributed by atoms with Gasteiger partial charge in [-0.15, -0.1) is 0 Å². The average Bonchev–Trinajstić information content (AvgIpc) is 3.59. The van der Waals surface area contributed by atoms with Gasteiger partial charge in [0.25, 0.3) is 0 Å². The first-order valence-corrected chi connectivity index (χ1v) is 11.9. The number of aryl methyl sites for hydroxylation is 1. The molecule has 3 N–H and O–H groups in total. The number of fused-ring (bicyclic) bond motifs is 1. The topological polar surface area (TPSA) is 144 Å². The van der Waals surface area contributed by atoms with Crippen molar-refractivity contribution in [1.29, 1.82) is 0 Å². The van der Waals surface area contributed by atoms with Crippen molar-refractivity contribution in [2.24, 2.45) is 0 Å². The van der Waals surface area contributed by atoms with E-state index < -0.39 is 36.4 Å². The summed E-state index contributed by atoms with van der Waals surface area (Å²) in [5, 5.41) is 21.4. The second-order valence-corrected chi connectivity index (χ2v) is 8.96. The fourth-order valence-electron chi connectivity index (χ4n) is 4.07. The quantitative estimate of drug-likeness (QED) is 0.402. The Morgan fingerprint density at radius 2 is 1.21 bits per heavy atom. The standard InChI is InChI=1S/C18H23N3O.3C2HF3O2/c1-14-3-2-4-16(19-14)12-21-9-6-17-18(21)5-8-20(17)11-15-7-10-22-13-15;3*3-2(4,5)1(6)7/h2-4,7,10,13,17-18H,5-6,8-9,11-12H2,1H3;3*(H,6,7)/t17-,18+;;;/m1.../s1. The Morgan fingerprint density at radius 1 is 0.791 bits per heavy atom. The molecule has 43 heavy (non-hydrogen) atoms. The molecular formula is C24H26F9N3O7. The summed E-state index contributed by atoms with van der Waals surface area (Å²) in [6.45, 7) is 6.46. The maximum absolute atomic E-state index is 10.6. The maximum atomic E-state index is 10.6. The number of aromatic nitrogens is 1. The van der Waals surface area contributed by atoms with Crippen LogP contribution in [-0.2, 0) is 27.5 Å². The first kappa shape index (κ1) is 37.2. The molecule has 2 aliphatic rings. The van der Waals surface area contributed by atoms with Crippen molar-refractivity contribution in [3.05, 3.63) is 53.7 Å². The van der Waals surface area contributed by atoms with E-state index in [4.69, 9.17) is 34.1 Å². The largest absolute Gasteiger partial charge is 0.490 e. The lowest BCUT2D eigenvalue weighted by Crippen LogP contribution is -2.36. The third-order valence-corrected chi connectivity index (χ3v) is 5.81. The summed E-state index contributed by atoms with van der Waals surface area (Å²) in [6.07, 6.45) is -9.06. The maximum Gasteiger partial charge on any atom is 0.490 e. The average molecular weight is 639 g/mol. The zero-order valence-corrected chi connectivity index (χ0v) is 22.1. The van der Waals surface area contributed by atoms with E-state index in [0.717, 1.165) is 18.8 Å². The number of hydrogen-bond donors (Lipinski definition) is 3. The highest BCUT2D eigenvalue weighted by Crippen LogP contribution is 2.33. The van der Waals surface area contributed by atoms with E-state index in [0.29, 0.717) is 12.1 Å². The summed E-state index contributed by atoms with van der Waals surface area (Å²) < 4.78 is 100. The third kappa shape index (κ3) is 13.3. The number of rotatable bonds is 4. The second-order valence-electron chi connectivity index (χ2n) is 8.96. The summed E-state index contributed by atoms with van der Waals surface area (Å²) >= 11 is 0. The minimum atomic E-state index is -5.08. The highest BCUT2D eigenvalue weighted by Gasteiger charge is 2.42. The van der Waals surface area contributed by atoms with Crippen LogP contribution in [0.1, 0.15) is 29.8 Å². The summed E-state index contributed by atoms with van der Waals surface area (Å²) in [6, 6.07) is 9.80. The van der Waals surface area contributed by atoms with Crippen molar-refractivity contribution < 1.29 is 73.6 Å². The molecule has 4 rings (SSSR count). The summed E-state index contributed by atoms with van der Waals surface area (Å²) in [5.74, 6) is -8.27. The highest BCUT2D eigenvalue weighted by atomic mass is 19.4. The van der Waals surface area contributed by atoms with Crippen LogP contribution in [0, 0.1) is 6.92 Å². The van der Waals surface area contributed by atoms with Crippen LogP contribution in [0.3, 0.4) is 0 Å². The highest BCUT2D eigenvalue weighted by molar-refractivity contribution is 5.73. The van der Waals surface area contributed by atoms with Gasteiger partial charge in [-0.05, 0) is 38.0 Å². The predicted octanol–water partition coefficient (Wildman–Crippen LogP) is 4.73. The molecule has 0 saturated carbocycles. The first-order chi connectivity index (χ1) is 19.6. The molecule has 0 radical (unpaired) electrons. The molecule has 4 heterocycles. The molecule has 2 fully saturated rings. The van der Waals surface area contributed by atoms with E-state index in [1.165, 1.54) is 37.2 Å². The monoisotopic (exact) mass is 639 g/mol. The molecule has 0 unspecified atom stereocenters. The van der Waals surface area contributed by atoms with Crippen molar-refractivity contribution >= 4 is 17.9 Å². The molecule has 2 aliphatic heterocycles. The lowest BCUT2D eigenvalue weighted by molar-refractivity contribution is -0.193. The zero-order valence-electron chi connectivity index (χ0n) is 22.1. The molecule has 2 atom stereocenters. The van der Waals surface area contributed by atoms with E-state index in [1.807, 2.05) is 6.26 Å². The Kier molecular flexibility index (Phi) is 13.4. The number of nitrogens with zero attached hydrogens (tertiary/aromatic N) is 3. The second kappa shape index (κ2) is 15.6. The number of aliphatic carboxylic acids is 3. The van der Waals surface area contributed by atoms with Crippen molar-refractivity contribution in [3.8, 4) is 0 Å². The number of halogens is 9. The van der Waals surface area contributed by atoms with E-state index in [9.17, 15) is 39.5 Å². The molecule has 0 bridgehead atoms.